The number of aryl methyl sites for hydroxylation is 2. The van der Waals surface area contributed by atoms with Crippen molar-refractivity contribution in [2.45, 2.75) is 44.4 Å². The summed E-state index contributed by atoms with van der Waals surface area (Å²) in [6, 6.07) is 6.29. The zero-order chi connectivity index (χ0) is 16.8. The van der Waals surface area contributed by atoms with Gasteiger partial charge in [-0.3, -0.25) is 9.59 Å². The standard InChI is InChI=1S/C18H25NO3S/c1-13-5-6-14(2)16(10-13)23-12-17(20)19-9-3-4-15(11-19)7-8-18(21)22/h5-6,10,15H,3-4,7-9,11-12H2,1-2H3,(H,21,22). The van der Waals surface area contributed by atoms with E-state index in [1.165, 1.54) is 11.1 Å². The Labute approximate surface area is 142 Å². The van der Waals surface area contributed by atoms with Crippen molar-refractivity contribution in [3.63, 3.8) is 0 Å². The first-order valence-electron chi connectivity index (χ1n) is 8.15. The van der Waals surface area contributed by atoms with E-state index in [2.05, 4.69) is 32.0 Å². The second-order valence-electron chi connectivity index (χ2n) is 6.34. The molecule has 1 unspecified atom stereocenters. The number of hydrogen-bond acceptors (Lipinski definition) is 3. The van der Waals surface area contributed by atoms with Crippen LogP contribution in [0.15, 0.2) is 23.1 Å². The summed E-state index contributed by atoms with van der Waals surface area (Å²) in [7, 11) is 0. The average molecular weight is 335 g/mol. The molecule has 0 aromatic heterocycles. The van der Waals surface area contributed by atoms with Gasteiger partial charge in [0, 0.05) is 24.4 Å². The number of aliphatic carboxylic acids is 1. The average Bonchev–Trinajstić information content (AvgIpc) is 2.53. The summed E-state index contributed by atoms with van der Waals surface area (Å²) in [5.74, 6) is 0.194. The van der Waals surface area contributed by atoms with Crippen LogP contribution >= 0.6 is 11.8 Å². The predicted octanol–water partition coefficient (Wildman–Crippen LogP) is 3.50. The fourth-order valence-corrected chi connectivity index (χ4v) is 3.97. The third kappa shape index (κ3) is 5.57. The van der Waals surface area contributed by atoms with Gasteiger partial charge in [0.2, 0.25) is 5.91 Å². The molecule has 0 bridgehead atoms. The summed E-state index contributed by atoms with van der Waals surface area (Å²) in [4.78, 5) is 26.2. The van der Waals surface area contributed by atoms with Crippen molar-refractivity contribution in [2.75, 3.05) is 18.8 Å². The number of likely N-dealkylation sites (tertiary alicyclic amines) is 1. The molecular formula is C18H25NO3S. The molecule has 23 heavy (non-hydrogen) atoms. The lowest BCUT2D eigenvalue weighted by Gasteiger charge is -2.32. The molecule has 1 heterocycles. The Hall–Kier alpha value is -1.49. The lowest BCUT2D eigenvalue weighted by atomic mass is 9.93. The summed E-state index contributed by atoms with van der Waals surface area (Å²) in [6.45, 7) is 5.63. The summed E-state index contributed by atoms with van der Waals surface area (Å²) in [6.07, 6.45) is 2.87. The van der Waals surface area contributed by atoms with E-state index in [-0.39, 0.29) is 12.3 Å². The Morgan fingerprint density at radius 2 is 2.13 bits per heavy atom. The van der Waals surface area contributed by atoms with E-state index in [9.17, 15) is 9.59 Å². The summed E-state index contributed by atoms with van der Waals surface area (Å²) in [5.41, 5.74) is 2.41. The molecule has 1 N–H and O–H groups in total. The van der Waals surface area contributed by atoms with Crippen LogP contribution in [-0.2, 0) is 9.59 Å². The number of piperidine rings is 1. The van der Waals surface area contributed by atoms with Gasteiger partial charge in [-0.2, -0.15) is 0 Å². The number of nitrogens with zero attached hydrogens (tertiary/aromatic N) is 1. The summed E-state index contributed by atoms with van der Waals surface area (Å²) in [5, 5.41) is 8.79. The number of carboxylic acids is 1. The maximum atomic E-state index is 12.4. The van der Waals surface area contributed by atoms with Crippen LogP contribution in [-0.4, -0.2) is 40.7 Å². The molecule has 0 aliphatic carbocycles. The molecule has 5 heteroatoms. The highest BCUT2D eigenvalue weighted by atomic mass is 32.2. The minimum Gasteiger partial charge on any atom is -0.481 e. The number of thioether (sulfide) groups is 1. The minimum absolute atomic E-state index is 0.163. The van der Waals surface area contributed by atoms with Gasteiger partial charge in [0.1, 0.15) is 0 Å². The highest BCUT2D eigenvalue weighted by Crippen LogP contribution is 2.26. The lowest BCUT2D eigenvalue weighted by Crippen LogP contribution is -2.41. The zero-order valence-corrected chi connectivity index (χ0v) is 14.7. The van der Waals surface area contributed by atoms with Crippen LogP contribution in [0.1, 0.15) is 36.8 Å². The third-order valence-electron chi connectivity index (χ3n) is 4.33. The topological polar surface area (TPSA) is 57.6 Å². The Bertz CT molecular complexity index is 573. The smallest absolute Gasteiger partial charge is 0.303 e. The predicted molar refractivity (Wildman–Crippen MR) is 92.8 cm³/mol. The van der Waals surface area contributed by atoms with Crippen molar-refractivity contribution in [3.8, 4) is 0 Å². The third-order valence-corrected chi connectivity index (χ3v) is 5.48. The number of rotatable bonds is 6. The van der Waals surface area contributed by atoms with Crippen LogP contribution in [0.2, 0.25) is 0 Å². The molecule has 0 radical (unpaired) electrons. The molecule has 1 atom stereocenters. The van der Waals surface area contributed by atoms with Gasteiger partial charge in [-0.15, -0.1) is 11.8 Å². The molecule has 1 fully saturated rings. The van der Waals surface area contributed by atoms with E-state index in [0.717, 1.165) is 24.3 Å². The summed E-state index contributed by atoms with van der Waals surface area (Å²) < 4.78 is 0. The first-order chi connectivity index (χ1) is 11.0. The van der Waals surface area contributed by atoms with Crippen LogP contribution in [0.25, 0.3) is 0 Å². The van der Waals surface area contributed by atoms with Crippen LogP contribution in [0, 0.1) is 19.8 Å². The number of carboxylic acid groups (broad SMARTS) is 1. The Morgan fingerprint density at radius 1 is 1.35 bits per heavy atom. The van der Waals surface area contributed by atoms with Crippen molar-refractivity contribution < 1.29 is 14.7 Å². The van der Waals surface area contributed by atoms with Crippen molar-refractivity contribution in [3.05, 3.63) is 29.3 Å². The van der Waals surface area contributed by atoms with Crippen LogP contribution in [0.3, 0.4) is 0 Å². The van der Waals surface area contributed by atoms with Crippen LogP contribution in [0.5, 0.6) is 0 Å². The molecule has 126 valence electrons. The Morgan fingerprint density at radius 3 is 2.87 bits per heavy atom. The van der Waals surface area contributed by atoms with E-state index < -0.39 is 5.97 Å². The van der Waals surface area contributed by atoms with E-state index >= 15 is 0 Å². The second-order valence-corrected chi connectivity index (χ2v) is 7.36. The Kier molecular flexibility index (Phi) is 6.51. The fraction of sp³-hybridized carbons (Fsp3) is 0.556. The van der Waals surface area contributed by atoms with Gasteiger partial charge < -0.3 is 10.0 Å². The number of hydrogen-bond donors (Lipinski definition) is 1. The maximum absolute atomic E-state index is 12.4. The molecular weight excluding hydrogens is 310 g/mol. The molecule has 4 nitrogen and oxygen atoms in total. The molecule has 2 rings (SSSR count). The van der Waals surface area contributed by atoms with Gasteiger partial charge in [-0.25, -0.2) is 0 Å². The molecule has 1 aliphatic heterocycles. The number of carbonyl (C=O) groups is 2. The molecule has 0 saturated carbocycles. The van der Waals surface area contributed by atoms with Gasteiger partial charge in [0.25, 0.3) is 0 Å². The van der Waals surface area contributed by atoms with E-state index in [4.69, 9.17) is 5.11 Å². The quantitative estimate of drug-likeness (QED) is 0.809. The monoisotopic (exact) mass is 335 g/mol. The first kappa shape index (κ1) is 17.9. The van der Waals surface area contributed by atoms with Crippen molar-refractivity contribution in [1.29, 1.82) is 0 Å². The van der Waals surface area contributed by atoms with Gasteiger partial charge >= 0.3 is 5.97 Å². The number of benzene rings is 1. The SMILES string of the molecule is Cc1ccc(C)c(SCC(=O)N2CCCC(CCC(=O)O)C2)c1. The zero-order valence-electron chi connectivity index (χ0n) is 13.9. The largest absolute Gasteiger partial charge is 0.481 e. The van der Waals surface area contributed by atoms with Crippen molar-refractivity contribution in [1.82, 2.24) is 4.90 Å². The highest BCUT2D eigenvalue weighted by Gasteiger charge is 2.24. The van der Waals surface area contributed by atoms with E-state index in [0.29, 0.717) is 24.6 Å². The molecule has 1 amide bonds. The van der Waals surface area contributed by atoms with Gasteiger partial charge in [-0.05, 0) is 50.7 Å². The Balaban J connectivity index is 1.85. The van der Waals surface area contributed by atoms with E-state index in [1.807, 2.05) is 4.90 Å². The molecule has 1 saturated heterocycles. The minimum atomic E-state index is -0.751. The normalized spacial score (nSPS) is 18.0. The maximum Gasteiger partial charge on any atom is 0.303 e. The van der Waals surface area contributed by atoms with Gasteiger partial charge in [0.15, 0.2) is 0 Å². The number of carbonyl (C=O) groups excluding carboxylic acids is 1. The summed E-state index contributed by atoms with van der Waals surface area (Å²) >= 11 is 1.60. The van der Waals surface area contributed by atoms with E-state index in [1.54, 1.807) is 11.8 Å². The fourth-order valence-electron chi connectivity index (χ4n) is 2.95. The second kappa shape index (κ2) is 8.39. The van der Waals surface area contributed by atoms with Gasteiger partial charge in [-0.1, -0.05) is 17.7 Å². The molecule has 1 aromatic rings. The van der Waals surface area contributed by atoms with Crippen molar-refractivity contribution in [2.24, 2.45) is 5.92 Å². The molecule has 1 aromatic carbocycles. The first-order valence-corrected chi connectivity index (χ1v) is 9.14. The van der Waals surface area contributed by atoms with Crippen molar-refractivity contribution >= 4 is 23.6 Å². The molecule has 1 aliphatic rings. The lowest BCUT2D eigenvalue weighted by molar-refractivity contribution is -0.137. The van der Waals surface area contributed by atoms with Gasteiger partial charge in [0.05, 0.1) is 5.75 Å². The number of amides is 1. The highest BCUT2D eigenvalue weighted by molar-refractivity contribution is 8.00. The molecule has 0 spiro atoms. The van der Waals surface area contributed by atoms with Crippen LogP contribution in [0.4, 0.5) is 0 Å². The van der Waals surface area contributed by atoms with Crippen LogP contribution < -0.4 is 0 Å².